The van der Waals surface area contributed by atoms with E-state index in [4.69, 9.17) is 14.5 Å². The van der Waals surface area contributed by atoms with Gasteiger partial charge in [-0.3, -0.25) is 0 Å². The molecule has 1 aromatic heterocycles. The van der Waals surface area contributed by atoms with Crippen LogP contribution in [-0.4, -0.2) is 24.2 Å². The third-order valence-electron chi connectivity index (χ3n) is 4.92. The summed E-state index contributed by atoms with van der Waals surface area (Å²) in [4.78, 5) is 8.49. The van der Waals surface area contributed by atoms with Crippen molar-refractivity contribution in [3.05, 3.63) is 76.8 Å². The third-order valence-corrected chi connectivity index (χ3v) is 5.45. The summed E-state index contributed by atoms with van der Waals surface area (Å²) < 4.78 is 12.2. The predicted molar refractivity (Wildman–Crippen MR) is 120 cm³/mol. The summed E-state index contributed by atoms with van der Waals surface area (Å²) in [5, 5.41) is 0. The topological polar surface area (TPSA) is 47.1 Å². The molecule has 146 valence electrons. The number of hydrogen-bond acceptors (Lipinski definition) is 3. The highest BCUT2D eigenvalue weighted by molar-refractivity contribution is 9.10. The second-order valence-corrected chi connectivity index (χ2v) is 7.57. The molecular formula is C24H21BrN2O2. The first kappa shape index (κ1) is 19.3. The number of benzene rings is 3. The van der Waals surface area contributed by atoms with E-state index in [1.165, 1.54) is 0 Å². The zero-order chi connectivity index (χ0) is 20.4. The van der Waals surface area contributed by atoms with Crippen molar-refractivity contribution in [2.45, 2.75) is 6.92 Å². The number of nitrogens with zero attached hydrogens (tertiary/aromatic N) is 1. The Morgan fingerprint density at radius 2 is 1.55 bits per heavy atom. The third kappa shape index (κ3) is 3.66. The fourth-order valence-electron chi connectivity index (χ4n) is 3.48. The van der Waals surface area contributed by atoms with Crippen LogP contribution in [0.2, 0.25) is 0 Å². The number of nitrogens with one attached hydrogen (secondary N) is 1. The van der Waals surface area contributed by atoms with Gasteiger partial charge in [-0.25, -0.2) is 4.98 Å². The Hall–Kier alpha value is -3.05. The normalized spacial score (nSPS) is 10.8. The lowest BCUT2D eigenvalue weighted by Crippen LogP contribution is -1.96. The van der Waals surface area contributed by atoms with Crippen LogP contribution in [0.4, 0.5) is 0 Å². The molecule has 0 aliphatic carbocycles. The van der Waals surface area contributed by atoms with Crippen molar-refractivity contribution in [3.8, 4) is 45.4 Å². The van der Waals surface area contributed by atoms with Crippen LogP contribution in [-0.2, 0) is 0 Å². The number of imidazole rings is 1. The molecule has 0 unspecified atom stereocenters. The molecule has 4 aromatic rings. The zero-order valence-corrected chi connectivity index (χ0v) is 18.1. The first-order valence-electron chi connectivity index (χ1n) is 9.25. The molecule has 4 rings (SSSR count). The number of aromatic nitrogens is 2. The van der Waals surface area contributed by atoms with E-state index >= 15 is 0 Å². The average molecular weight is 449 g/mol. The molecule has 1 N–H and O–H groups in total. The molecule has 0 amide bonds. The van der Waals surface area contributed by atoms with Gasteiger partial charge in [0.1, 0.15) is 17.3 Å². The lowest BCUT2D eigenvalue weighted by Gasteiger charge is -2.13. The van der Waals surface area contributed by atoms with E-state index in [-0.39, 0.29) is 0 Å². The van der Waals surface area contributed by atoms with E-state index in [1.54, 1.807) is 14.2 Å². The lowest BCUT2D eigenvalue weighted by atomic mass is 10.1. The van der Waals surface area contributed by atoms with Crippen molar-refractivity contribution >= 4 is 15.9 Å². The first-order valence-corrected chi connectivity index (χ1v) is 10.0. The van der Waals surface area contributed by atoms with Gasteiger partial charge in [-0.05, 0) is 31.2 Å². The molecule has 5 heteroatoms. The highest BCUT2D eigenvalue weighted by Crippen LogP contribution is 2.39. The van der Waals surface area contributed by atoms with E-state index in [2.05, 4.69) is 45.2 Å². The Kier molecular flexibility index (Phi) is 5.41. The summed E-state index contributed by atoms with van der Waals surface area (Å²) in [6.45, 7) is 1.98. The summed E-state index contributed by atoms with van der Waals surface area (Å²) in [5.41, 5.74) is 5.82. The largest absolute Gasteiger partial charge is 0.496 e. The van der Waals surface area contributed by atoms with Gasteiger partial charge in [0.15, 0.2) is 0 Å². The zero-order valence-electron chi connectivity index (χ0n) is 16.5. The summed E-state index contributed by atoms with van der Waals surface area (Å²) in [5.74, 6) is 2.29. The van der Waals surface area contributed by atoms with E-state index < -0.39 is 0 Å². The van der Waals surface area contributed by atoms with Crippen molar-refractivity contribution < 1.29 is 9.47 Å². The number of aromatic amines is 1. The SMILES string of the molecule is COc1ccc(-c2nc(-c3ccccc3)c(-c3ccc(Br)cc3)[nH]2)c(OC)c1C. The molecule has 0 bridgehead atoms. The van der Waals surface area contributed by atoms with Crippen molar-refractivity contribution in [2.24, 2.45) is 0 Å². The maximum Gasteiger partial charge on any atom is 0.142 e. The van der Waals surface area contributed by atoms with E-state index in [1.807, 2.05) is 49.4 Å². The molecule has 0 saturated carbocycles. The second-order valence-electron chi connectivity index (χ2n) is 6.66. The summed E-state index contributed by atoms with van der Waals surface area (Å²) in [7, 11) is 3.33. The van der Waals surface area contributed by atoms with Gasteiger partial charge >= 0.3 is 0 Å². The number of H-pyrrole nitrogens is 1. The van der Waals surface area contributed by atoms with Crippen LogP contribution < -0.4 is 9.47 Å². The van der Waals surface area contributed by atoms with Crippen LogP contribution >= 0.6 is 15.9 Å². The molecule has 1 heterocycles. The highest BCUT2D eigenvalue weighted by atomic mass is 79.9. The summed E-state index contributed by atoms with van der Waals surface area (Å²) >= 11 is 3.51. The van der Waals surface area contributed by atoms with Gasteiger partial charge in [-0.1, -0.05) is 58.4 Å². The smallest absolute Gasteiger partial charge is 0.142 e. The number of hydrogen-bond donors (Lipinski definition) is 1. The minimum atomic E-state index is 0.750. The Balaban J connectivity index is 1.93. The maximum atomic E-state index is 5.70. The Labute approximate surface area is 178 Å². The van der Waals surface area contributed by atoms with E-state index in [9.17, 15) is 0 Å². The Morgan fingerprint density at radius 3 is 2.21 bits per heavy atom. The van der Waals surface area contributed by atoms with Crippen LogP contribution in [0, 0.1) is 6.92 Å². The van der Waals surface area contributed by atoms with Crippen molar-refractivity contribution in [1.82, 2.24) is 9.97 Å². The van der Waals surface area contributed by atoms with Crippen LogP contribution in [0.1, 0.15) is 5.56 Å². The maximum absolute atomic E-state index is 5.70. The number of rotatable bonds is 5. The molecule has 0 aliphatic heterocycles. The Morgan fingerprint density at radius 1 is 0.828 bits per heavy atom. The molecule has 0 atom stereocenters. The van der Waals surface area contributed by atoms with E-state index in [0.717, 1.165) is 55.4 Å². The molecule has 3 aromatic carbocycles. The van der Waals surface area contributed by atoms with Crippen molar-refractivity contribution in [2.75, 3.05) is 14.2 Å². The van der Waals surface area contributed by atoms with E-state index in [0.29, 0.717) is 0 Å². The number of halogens is 1. The van der Waals surface area contributed by atoms with Crippen LogP contribution in [0.15, 0.2) is 71.2 Å². The van der Waals surface area contributed by atoms with Gasteiger partial charge in [0.05, 0.1) is 31.2 Å². The summed E-state index contributed by atoms with van der Waals surface area (Å²) in [6.07, 6.45) is 0. The fraction of sp³-hybridized carbons (Fsp3) is 0.125. The van der Waals surface area contributed by atoms with Gasteiger partial charge in [-0.2, -0.15) is 0 Å². The van der Waals surface area contributed by atoms with Gasteiger partial charge in [-0.15, -0.1) is 0 Å². The second kappa shape index (κ2) is 8.13. The monoisotopic (exact) mass is 448 g/mol. The van der Waals surface area contributed by atoms with Crippen LogP contribution in [0.5, 0.6) is 11.5 Å². The number of ether oxygens (including phenoxy) is 2. The van der Waals surface area contributed by atoms with Gasteiger partial charge in [0, 0.05) is 21.2 Å². The molecule has 4 nitrogen and oxygen atoms in total. The van der Waals surface area contributed by atoms with Gasteiger partial charge in [0.25, 0.3) is 0 Å². The highest BCUT2D eigenvalue weighted by Gasteiger charge is 2.19. The molecule has 0 spiro atoms. The van der Waals surface area contributed by atoms with Crippen LogP contribution in [0.25, 0.3) is 33.9 Å². The minimum absolute atomic E-state index is 0.750. The van der Waals surface area contributed by atoms with Crippen LogP contribution in [0.3, 0.4) is 0 Å². The molecular weight excluding hydrogens is 428 g/mol. The molecule has 0 fully saturated rings. The number of methoxy groups -OCH3 is 2. The molecule has 29 heavy (non-hydrogen) atoms. The molecule has 0 aliphatic rings. The minimum Gasteiger partial charge on any atom is -0.496 e. The first-order chi connectivity index (χ1) is 14.1. The fourth-order valence-corrected chi connectivity index (χ4v) is 3.74. The molecule has 0 saturated heterocycles. The van der Waals surface area contributed by atoms with Gasteiger partial charge < -0.3 is 14.5 Å². The average Bonchev–Trinajstić information content (AvgIpc) is 3.20. The predicted octanol–water partition coefficient (Wildman–Crippen LogP) is 6.50. The lowest BCUT2D eigenvalue weighted by molar-refractivity contribution is 0.389. The summed E-state index contributed by atoms with van der Waals surface area (Å²) in [6, 6.07) is 22.3. The molecule has 0 radical (unpaired) electrons. The quantitative estimate of drug-likeness (QED) is 0.379. The van der Waals surface area contributed by atoms with Gasteiger partial charge in [0.2, 0.25) is 0 Å². The Bertz CT molecular complexity index is 1140. The van der Waals surface area contributed by atoms with Crippen molar-refractivity contribution in [1.29, 1.82) is 0 Å². The van der Waals surface area contributed by atoms with Crippen molar-refractivity contribution in [3.63, 3.8) is 0 Å². The standard InChI is InChI=1S/C24H21BrN2O2/c1-15-20(28-2)14-13-19(23(15)29-3)24-26-21(16-7-5-4-6-8-16)22(27-24)17-9-11-18(25)12-10-17/h4-14H,1-3H3,(H,26,27).